The maximum absolute atomic E-state index is 13.5. The molecule has 0 saturated heterocycles. The van der Waals surface area contributed by atoms with E-state index in [-0.39, 0.29) is 30.6 Å². The van der Waals surface area contributed by atoms with E-state index in [9.17, 15) is 14.4 Å². The quantitative estimate of drug-likeness (QED) is 0.0281. The maximum atomic E-state index is 13.5. The molecule has 396 valence electrons. The van der Waals surface area contributed by atoms with Gasteiger partial charge in [-0.25, -0.2) is 0 Å². The summed E-state index contributed by atoms with van der Waals surface area (Å²) in [5.74, 6) is -0.410. The van der Waals surface area contributed by atoms with Crippen molar-refractivity contribution < 1.29 is 23.9 Å². The molecule has 0 heterocycles. The first-order valence-corrected chi connectivity index (χ1v) is 29.2. The van der Waals surface area contributed by atoms with Crippen LogP contribution in [0.3, 0.4) is 0 Å². The zero-order valence-corrected chi connectivity index (χ0v) is 46.0. The van der Waals surface area contributed by atoms with Gasteiger partial charge in [0.1, 0.15) is 24.5 Å². The fourth-order valence-electron chi connectivity index (χ4n) is 8.63. The van der Waals surface area contributed by atoms with Gasteiger partial charge in [-0.3, -0.25) is 9.59 Å². The van der Waals surface area contributed by atoms with Crippen LogP contribution in [0.15, 0.2) is 24.3 Å². The lowest BCUT2D eigenvalue weighted by atomic mass is 10.0. The van der Waals surface area contributed by atoms with Crippen LogP contribution in [-0.2, 0) is 23.9 Å². The van der Waals surface area contributed by atoms with E-state index < -0.39 is 6.04 Å². The van der Waals surface area contributed by atoms with Crippen LogP contribution < -0.4 is 5.32 Å². The SMILES string of the molecule is CCCCC/C=C\CCC(CCCCCCCCCCCCCC)OC(=O)CCC(NC)C(=O)OC(CC/C=C\CCCCC)CCCCCCCCCCCCCC.CN(C)CCCC=O. The van der Waals surface area contributed by atoms with Crippen LogP contribution in [0.4, 0.5) is 0 Å². The Hall–Kier alpha value is -1.99. The van der Waals surface area contributed by atoms with Crippen molar-refractivity contribution in [2.75, 3.05) is 27.7 Å². The minimum absolute atomic E-state index is 0.0548. The normalized spacial score (nSPS) is 13.0. The molecule has 1 N–H and O–H groups in total. The Morgan fingerprint density at radius 3 is 1.16 bits per heavy atom. The van der Waals surface area contributed by atoms with Crippen molar-refractivity contribution in [1.82, 2.24) is 10.2 Å². The highest BCUT2D eigenvalue weighted by Crippen LogP contribution is 2.20. The summed E-state index contributed by atoms with van der Waals surface area (Å²) in [4.78, 5) is 38.6. The lowest BCUT2D eigenvalue weighted by molar-refractivity contribution is -0.153. The molecule has 0 amide bonds. The molecule has 0 radical (unpaired) electrons. The number of ether oxygens (including phenoxy) is 2. The van der Waals surface area contributed by atoms with E-state index in [4.69, 9.17) is 9.47 Å². The fraction of sp³-hybridized carbons (Fsp3) is 0.883. The van der Waals surface area contributed by atoms with Crippen LogP contribution in [0, 0.1) is 0 Å². The lowest BCUT2D eigenvalue weighted by Crippen LogP contribution is -2.38. The third kappa shape index (κ3) is 53.2. The third-order valence-corrected chi connectivity index (χ3v) is 13.1. The summed E-state index contributed by atoms with van der Waals surface area (Å²) >= 11 is 0. The van der Waals surface area contributed by atoms with Gasteiger partial charge in [-0.05, 0) is 118 Å². The molecule has 0 aliphatic heterocycles. The number of aldehydes is 1. The number of carbonyl (C=O) groups is 3. The molecular weight excluding hydrogens is 829 g/mol. The molecule has 0 fully saturated rings. The first-order chi connectivity index (χ1) is 32.8. The molecule has 0 spiro atoms. The number of unbranched alkanes of at least 4 members (excludes halogenated alkanes) is 29. The summed E-state index contributed by atoms with van der Waals surface area (Å²) in [6.07, 6.45) is 59.3. The van der Waals surface area contributed by atoms with E-state index in [1.54, 1.807) is 7.05 Å². The summed E-state index contributed by atoms with van der Waals surface area (Å²) in [5.41, 5.74) is 0. The van der Waals surface area contributed by atoms with Crippen molar-refractivity contribution in [3.63, 3.8) is 0 Å². The van der Waals surface area contributed by atoms with Gasteiger partial charge in [-0.15, -0.1) is 0 Å². The second-order valence-electron chi connectivity index (χ2n) is 20.1. The predicted molar refractivity (Wildman–Crippen MR) is 292 cm³/mol. The number of nitrogens with one attached hydrogen (secondary N) is 1. The van der Waals surface area contributed by atoms with Gasteiger partial charge in [-0.2, -0.15) is 0 Å². The van der Waals surface area contributed by atoms with Gasteiger partial charge in [0.05, 0.1) is 0 Å². The van der Waals surface area contributed by atoms with Gasteiger partial charge in [0.15, 0.2) is 0 Å². The number of nitrogens with zero attached hydrogens (tertiary/aromatic N) is 1. The van der Waals surface area contributed by atoms with Gasteiger partial charge >= 0.3 is 11.9 Å². The van der Waals surface area contributed by atoms with Crippen molar-refractivity contribution in [1.29, 1.82) is 0 Å². The summed E-state index contributed by atoms with van der Waals surface area (Å²) in [7, 11) is 5.81. The van der Waals surface area contributed by atoms with Crippen LogP contribution in [-0.4, -0.2) is 69.1 Å². The third-order valence-electron chi connectivity index (χ3n) is 13.1. The van der Waals surface area contributed by atoms with Crippen LogP contribution >= 0.6 is 0 Å². The Labute approximate surface area is 418 Å². The van der Waals surface area contributed by atoms with Crippen molar-refractivity contribution >= 4 is 18.2 Å². The zero-order chi connectivity index (χ0) is 49.5. The largest absolute Gasteiger partial charge is 0.462 e. The van der Waals surface area contributed by atoms with E-state index in [2.05, 4.69) is 62.2 Å². The lowest BCUT2D eigenvalue weighted by Gasteiger charge is -2.22. The fourth-order valence-corrected chi connectivity index (χ4v) is 8.63. The molecule has 0 aromatic heterocycles. The number of rotatable bonds is 51. The average molecular weight is 946 g/mol. The summed E-state index contributed by atoms with van der Waals surface area (Å²) in [5, 5.41) is 3.16. The van der Waals surface area contributed by atoms with Gasteiger partial charge < -0.3 is 24.5 Å². The Bertz CT molecular complexity index is 1080. The molecular formula is C60H116N2O5. The monoisotopic (exact) mass is 945 g/mol. The molecule has 3 unspecified atom stereocenters. The molecule has 7 heteroatoms. The molecule has 0 bridgehead atoms. The Balaban J connectivity index is 0. The van der Waals surface area contributed by atoms with Crippen LogP contribution in [0.5, 0.6) is 0 Å². The molecule has 0 aliphatic carbocycles. The minimum atomic E-state index is -0.502. The van der Waals surface area contributed by atoms with Crippen LogP contribution in [0.25, 0.3) is 0 Å². The van der Waals surface area contributed by atoms with Gasteiger partial charge in [0, 0.05) is 12.8 Å². The number of hydrogen-bond donors (Lipinski definition) is 1. The number of hydrogen-bond acceptors (Lipinski definition) is 7. The Morgan fingerprint density at radius 1 is 0.433 bits per heavy atom. The summed E-state index contributed by atoms with van der Waals surface area (Å²) in [6, 6.07) is -0.502. The van der Waals surface area contributed by atoms with Crippen molar-refractivity contribution in [2.24, 2.45) is 0 Å². The molecule has 0 rings (SSSR count). The van der Waals surface area contributed by atoms with E-state index in [0.717, 1.165) is 83.5 Å². The Kier molecular flexibility index (Phi) is 56.7. The molecule has 0 aromatic carbocycles. The molecule has 3 atom stereocenters. The molecule has 0 aromatic rings. The second-order valence-corrected chi connectivity index (χ2v) is 20.1. The van der Waals surface area contributed by atoms with Crippen molar-refractivity contribution in [3.05, 3.63) is 24.3 Å². The summed E-state index contributed by atoms with van der Waals surface area (Å²) < 4.78 is 12.3. The van der Waals surface area contributed by atoms with Crippen LogP contribution in [0.2, 0.25) is 0 Å². The molecule has 0 saturated carbocycles. The first kappa shape index (κ1) is 67.1. The topological polar surface area (TPSA) is 84.9 Å². The average Bonchev–Trinajstić information content (AvgIpc) is 3.31. The highest BCUT2D eigenvalue weighted by molar-refractivity contribution is 5.77. The van der Waals surface area contributed by atoms with E-state index in [0.29, 0.717) is 12.8 Å². The zero-order valence-electron chi connectivity index (χ0n) is 46.0. The second kappa shape index (κ2) is 56.6. The molecule has 67 heavy (non-hydrogen) atoms. The van der Waals surface area contributed by atoms with Gasteiger partial charge in [0.2, 0.25) is 0 Å². The van der Waals surface area contributed by atoms with E-state index in [1.807, 2.05) is 14.1 Å². The number of esters is 2. The van der Waals surface area contributed by atoms with E-state index in [1.165, 1.54) is 180 Å². The van der Waals surface area contributed by atoms with Gasteiger partial charge in [-0.1, -0.05) is 219 Å². The van der Waals surface area contributed by atoms with Crippen molar-refractivity contribution in [2.45, 2.75) is 316 Å². The first-order valence-electron chi connectivity index (χ1n) is 29.2. The number of allylic oxidation sites excluding steroid dienone is 4. The smallest absolute Gasteiger partial charge is 0.323 e. The standard InChI is InChI=1S/C54H103NO4.C6H13NO/c1-6-10-14-18-22-24-26-28-30-34-38-41-45-50(44-40-36-32-20-16-12-8-3)58-53(56)49-48-52(55-5)54(57)59-51(46-42-37-33-21-17-13-9-4)47-43-39-35-31-29-27-25-23-19-15-11-7-2;1-7(2)5-3-4-6-8/h32-33,36-37,50-52,55H,6-31,34-35,38-49H2,1-5H3;6H,3-5H2,1-2H3/b36-32-,37-33-;. The van der Waals surface area contributed by atoms with Crippen LogP contribution in [0.1, 0.15) is 297 Å². The van der Waals surface area contributed by atoms with Gasteiger partial charge in [0.25, 0.3) is 0 Å². The number of likely N-dealkylation sites (N-methyl/N-ethyl adjacent to an activating group) is 1. The highest BCUT2D eigenvalue weighted by Gasteiger charge is 2.24. The molecule has 7 nitrogen and oxygen atoms in total. The Morgan fingerprint density at radius 2 is 0.791 bits per heavy atom. The van der Waals surface area contributed by atoms with Crippen molar-refractivity contribution in [3.8, 4) is 0 Å². The van der Waals surface area contributed by atoms with E-state index >= 15 is 0 Å². The predicted octanol–water partition coefficient (Wildman–Crippen LogP) is 17.7. The summed E-state index contributed by atoms with van der Waals surface area (Å²) in [6.45, 7) is 10.1. The highest BCUT2D eigenvalue weighted by atomic mass is 16.5. The maximum Gasteiger partial charge on any atom is 0.323 e. The minimum Gasteiger partial charge on any atom is -0.462 e. The number of carbonyl (C=O) groups excluding carboxylic acids is 3. The molecule has 0 aliphatic rings.